The number of methoxy groups -OCH3 is 1. The monoisotopic (exact) mass is 573 g/mol. The zero-order valence-corrected chi connectivity index (χ0v) is 27.8. The van der Waals surface area contributed by atoms with Crippen LogP contribution >= 0.6 is 0 Å². The molecule has 1 aliphatic heterocycles. The Kier molecular flexibility index (Phi) is 14.2. The lowest BCUT2D eigenvalue weighted by atomic mass is 9.83. The lowest BCUT2D eigenvalue weighted by molar-refractivity contribution is -0.140. The highest BCUT2D eigenvalue weighted by molar-refractivity contribution is 5.86. The highest BCUT2D eigenvalue weighted by Gasteiger charge is 2.35. The number of benzene rings is 1. The number of nitrogens with one attached hydrogen (secondary N) is 1. The van der Waals surface area contributed by atoms with Gasteiger partial charge >= 0.3 is 5.97 Å². The SMILES string of the molecule is CCCC(C)CCCC(C)CCCC1(C)CCc2c(C)c(OC(=O)C(CC(C)C)NC(=O)COC)c(C)c(C)c2O1. The van der Waals surface area contributed by atoms with Gasteiger partial charge in [0.2, 0.25) is 5.91 Å². The van der Waals surface area contributed by atoms with Crippen LogP contribution in [0.4, 0.5) is 0 Å². The first-order chi connectivity index (χ1) is 19.3. The zero-order valence-electron chi connectivity index (χ0n) is 27.8. The van der Waals surface area contributed by atoms with Gasteiger partial charge in [0, 0.05) is 12.7 Å². The van der Waals surface area contributed by atoms with Crippen molar-refractivity contribution in [2.24, 2.45) is 17.8 Å². The highest BCUT2D eigenvalue weighted by atomic mass is 16.5. The summed E-state index contributed by atoms with van der Waals surface area (Å²) >= 11 is 0. The summed E-state index contributed by atoms with van der Waals surface area (Å²) in [5.41, 5.74) is 3.84. The normalized spacial score (nSPS) is 18.8. The van der Waals surface area contributed by atoms with Crippen molar-refractivity contribution in [2.75, 3.05) is 13.7 Å². The van der Waals surface area contributed by atoms with Gasteiger partial charge in [-0.2, -0.15) is 0 Å². The van der Waals surface area contributed by atoms with Gasteiger partial charge in [0.25, 0.3) is 0 Å². The molecule has 4 atom stereocenters. The summed E-state index contributed by atoms with van der Waals surface area (Å²) in [6.07, 6.45) is 12.5. The maximum absolute atomic E-state index is 13.3. The number of carbonyl (C=O) groups is 2. The third-order valence-corrected chi connectivity index (χ3v) is 8.95. The summed E-state index contributed by atoms with van der Waals surface area (Å²) in [5.74, 6) is 2.60. The van der Waals surface area contributed by atoms with E-state index in [0.717, 1.165) is 59.1 Å². The van der Waals surface area contributed by atoms with E-state index in [9.17, 15) is 9.59 Å². The van der Waals surface area contributed by atoms with E-state index in [1.807, 2.05) is 27.7 Å². The molecule has 0 aromatic heterocycles. The van der Waals surface area contributed by atoms with Gasteiger partial charge in [-0.25, -0.2) is 4.79 Å². The van der Waals surface area contributed by atoms with Gasteiger partial charge in [-0.15, -0.1) is 0 Å². The van der Waals surface area contributed by atoms with Crippen LogP contribution < -0.4 is 14.8 Å². The topological polar surface area (TPSA) is 73.9 Å². The summed E-state index contributed by atoms with van der Waals surface area (Å²) < 4.78 is 17.7. The molecule has 1 heterocycles. The lowest BCUT2D eigenvalue weighted by Gasteiger charge is -2.38. The van der Waals surface area contributed by atoms with Crippen LogP contribution in [0.5, 0.6) is 11.5 Å². The molecule has 1 N–H and O–H groups in total. The summed E-state index contributed by atoms with van der Waals surface area (Å²) in [6.45, 7) is 19.3. The molecule has 0 aliphatic carbocycles. The highest BCUT2D eigenvalue weighted by Crippen LogP contribution is 2.45. The van der Waals surface area contributed by atoms with E-state index in [1.54, 1.807) is 0 Å². The van der Waals surface area contributed by atoms with Gasteiger partial charge in [-0.3, -0.25) is 4.79 Å². The van der Waals surface area contributed by atoms with E-state index in [2.05, 4.69) is 39.9 Å². The number of carbonyl (C=O) groups excluding carboxylic acids is 2. The minimum absolute atomic E-state index is 0.0920. The summed E-state index contributed by atoms with van der Waals surface area (Å²) in [4.78, 5) is 25.4. The van der Waals surface area contributed by atoms with Crippen LogP contribution in [0.25, 0.3) is 0 Å². The quantitative estimate of drug-likeness (QED) is 0.150. The molecule has 1 aliphatic rings. The number of hydrogen-bond acceptors (Lipinski definition) is 5. The average Bonchev–Trinajstić information content (AvgIpc) is 2.89. The Balaban J connectivity index is 2.07. The van der Waals surface area contributed by atoms with E-state index in [4.69, 9.17) is 14.2 Å². The molecule has 0 radical (unpaired) electrons. The second kappa shape index (κ2) is 16.5. The van der Waals surface area contributed by atoms with E-state index in [0.29, 0.717) is 12.2 Å². The smallest absolute Gasteiger partial charge is 0.334 e. The molecule has 0 spiro atoms. The van der Waals surface area contributed by atoms with Crippen molar-refractivity contribution in [3.05, 3.63) is 22.3 Å². The number of rotatable bonds is 17. The van der Waals surface area contributed by atoms with Crippen molar-refractivity contribution in [2.45, 2.75) is 145 Å². The Bertz CT molecular complexity index is 1000. The third kappa shape index (κ3) is 10.6. The average molecular weight is 574 g/mol. The van der Waals surface area contributed by atoms with E-state index in [1.165, 1.54) is 52.1 Å². The third-order valence-electron chi connectivity index (χ3n) is 8.95. The fourth-order valence-electron chi connectivity index (χ4n) is 6.26. The maximum Gasteiger partial charge on any atom is 0.334 e. The molecule has 6 nitrogen and oxygen atoms in total. The molecule has 41 heavy (non-hydrogen) atoms. The predicted molar refractivity (Wildman–Crippen MR) is 168 cm³/mol. The van der Waals surface area contributed by atoms with Crippen LogP contribution in [-0.4, -0.2) is 37.2 Å². The number of fused-ring (bicyclic) bond motifs is 1. The predicted octanol–water partition coefficient (Wildman–Crippen LogP) is 8.19. The fourth-order valence-corrected chi connectivity index (χ4v) is 6.26. The van der Waals surface area contributed by atoms with E-state index in [-0.39, 0.29) is 24.0 Å². The Morgan fingerprint density at radius 1 is 0.951 bits per heavy atom. The number of ether oxygens (including phenoxy) is 3. The molecule has 1 aromatic carbocycles. The fraction of sp³-hybridized carbons (Fsp3) is 0.771. The van der Waals surface area contributed by atoms with E-state index >= 15 is 0 Å². The first-order valence-electron chi connectivity index (χ1n) is 16.1. The van der Waals surface area contributed by atoms with Gasteiger partial charge < -0.3 is 19.5 Å². The van der Waals surface area contributed by atoms with Gasteiger partial charge in [-0.05, 0) is 94.2 Å². The molecular weight excluding hydrogens is 514 g/mol. The van der Waals surface area contributed by atoms with Gasteiger partial charge in [0.15, 0.2) is 0 Å². The second-order valence-corrected chi connectivity index (χ2v) is 13.5. The van der Waals surface area contributed by atoms with Crippen LogP contribution in [0.1, 0.15) is 128 Å². The molecule has 1 amide bonds. The molecule has 6 heteroatoms. The van der Waals surface area contributed by atoms with Crippen molar-refractivity contribution in [3.63, 3.8) is 0 Å². The largest absolute Gasteiger partial charge is 0.487 e. The Morgan fingerprint density at radius 2 is 1.59 bits per heavy atom. The van der Waals surface area contributed by atoms with Gasteiger partial charge in [0.05, 0.1) is 0 Å². The molecule has 234 valence electrons. The van der Waals surface area contributed by atoms with Crippen LogP contribution in [0, 0.1) is 38.5 Å². The molecule has 1 aromatic rings. The Hall–Kier alpha value is -2.08. The summed E-state index contributed by atoms with van der Waals surface area (Å²) in [6, 6.07) is -0.727. The number of amides is 1. The number of hydrogen-bond donors (Lipinski definition) is 1. The molecule has 0 bridgehead atoms. The van der Waals surface area contributed by atoms with Crippen LogP contribution in [-0.2, 0) is 20.7 Å². The minimum atomic E-state index is -0.727. The summed E-state index contributed by atoms with van der Waals surface area (Å²) in [7, 11) is 1.46. The number of esters is 1. The van der Waals surface area contributed by atoms with Crippen molar-refractivity contribution < 1.29 is 23.8 Å². The second-order valence-electron chi connectivity index (χ2n) is 13.5. The molecule has 2 rings (SSSR count). The maximum atomic E-state index is 13.3. The van der Waals surface area contributed by atoms with E-state index < -0.39 is 12.0 Å². The van der Waals surface area contributed by atoms with Crippen molar-refractivity contribution in [1.82, 2.24) is 5.32 Å². The molecular formula is C35H59NO5. The lowest BCUT2D eigenvalue weighted by Crippen LogP contribution is -2.45. The standard InChI is InChI=1S/C35H59NO5/c1-11-14-24(4)15-12-16-25(5)17-13-19-35(9)20-18-29-28(8)32(26(6)27(7)33(29)41-35)40-34(38)30(21-23(2)3)36-31(37)22-39-10/h23-25,30H,11-22H2,1-10H3,(H,36,37). The molecule has 4 unspecified atom stereocenters. The van der Waals surface area contributed by atoms with Crippen molar-refractivity contribution in [3.8, 4) is 11.5 Å². The Labute approximate surface area is 250 Å². The van der Waals surface area contributed by atoms with Crippen LogP contribution in [0.2, 0.25) is 0 Å². The molecule has 0 saturated carbocycles. The van der Waals surface area contributed by atoms with Crippen molar-refractivity contribution in [1.29, 1.82) is 0 Å². The minimum Gasteiger partial charge on any atom is -0.487 e. The molecule has 0 fully saturated rings. The molecule has 0 saturated heterocycles. The zero-order chi connectivity index (χ0) is 30.7. The first-order valence-corrected chi connectivity index (χ1v) is 16.1. The first kappa shape index (κ1) is 35.1. The van der Waals surface area contributed by atoms with Crippen LogP contribution in [0.3, 0.4) is 0 Å². The van der Waals surface area contributed by atoms with Gasteiger partial charge in [0.1, 0.15) is 29.7 Å². The Morgan fingerprint density at radius 3 is 2.20 bits per heavy atom. The van der Waals surface area contributed by atoms with Crippen LogP contribution in [0.15, 0.2) is 0 Å². The van der Waals surface area contributed by atoms with Crippen molar-refractivity contribution >= 4 is 11.9 Å². The van der Waals surface area contributed by atoms with Gasteiger partial charge in [-0.1, -0.05) is 73.1 Å². The summed E-state index contributed by atoms with van der Waals surface area (Å²) in [5, 5.41) is 2.78.